The Morgan fingerprint density at radius 1 is 1.11 bits per heavy atom. The molecule has 1 rings (SSSR count). The molecular weight excluding hydrogens is 372 g/mol. The highest BCUT2D eigenvalue weighted by Gasteiger charge is 2.17. The molecule has 0 aliphatic rings. The summed E-state index contributed by atoms with van der Waals surface area (Å²) in [5.74, 6) is -0.604. The van der Waals surface area contributed by atoms with Gasteiger partial charge in [-0.1, -0.05) is 24.3 Å². The molecule has 0 aliphatic heterocycles. The largest absolute Gasteiger partial charge is 0.444 e. The number of hydrogen-bond acceptors (Lipinski definition) is 5. The van der Waals surface area contributed by atoms with E-state index in [0.29, 0.717) is 17.8 Å². The Morgan fingerprint density at radius 3 is 2.26 bits per heavy atom. The van der Waals surface area contributed by atoms with Gasteiger partial charge in [-0.25, -0.2) is 4.79 Å². The van der Waals surface area contributed by atoms with Gasteiger partial charge in [-0.05, 0) is 45.7 Å². The normalized spacial score (nSPS) is 12.0. The van der Waals surface area contributed by atoms with Gasteiger partial charge in [0.1, 0.15) is 5.60 Å². The van der Waals surface area contributed by atoms with E-state index in [0.717, 1.165) is 0 Å². The van der Waals surface area contributed by atoms with Crippen molar-refractivity contribution in [3.05, 3.63) is 36.4 Å². The fraction of sp³-hybridized carbons (Fsp3) is 0.444. The SMILES string of the molecule is CC(C)(C)OC(=O)Nc1ccccc1NC(=O)CC=CCCCS(=O)(=O)O. The van der Waals surface area contributed by atoms with E-state index in [4.69, 9.17) is 9.29 Å². The summed E-state index contributed by atoms with van der Waals surface area (Å²) < 4.78 is 35.0. The molecule has 3 N–H and O–H groups in total. The van der Waals surface area contributed by atoms with Crippen LogP contribution in [0.1, 0.15) is 40.0 Å². The number of carbonyl (C=O) groups excluding carboxylic acids is 2. The average Bonchev–Trinajstić information content (AvgIpc) is 2.49. The molecule has 0 bridgehead atoms. The van der Waals surface area contributed by atoms with Gasteiger partial charge >= 0.3 is 6.09 Å². The second-order valence-electron chi connectivity index (χ2n) is 6.82. The maximum atomic E-state index is 12.0. The molecule has 0 fully saturated rings. The molecule has 0 aliphatic carbocycles. The lowest BCUT2D eigenvalue weighted by Crippen LogP contribution is -2.27. The van der Waals surface area contributed by atoms with Gasteiger partial charge in [0.15, 0.2) is 0 Å². The Kier molecular flexibility index (Phi) is 8.45. The van der Waals surface area contributed by atoms with E-state index < -0.39 is 21.8 Å². The van der Waals surface area contributed by atoms with E-state index in [1.54, 1.807) is 57.2 Å². The molecule has 0 saturated heterocycles. The lowest BCUT2D eigenvalue weighted by molar-refractivity contribution is -0.115. The minimum atomic E-state index is -3.95. The number of hydrogen-bond donors (Lipinski definition) is 3. The van der Waals surface area contributed by atoms with Gasteiger partial charge < -0.3 is 10.1 Å². The van der Waals surface area contributed by atoms with Crippen LogP contribution in [0.15, 0.2) is 36.4 Å². The summed E-state index contributed by atoms with van der Waals surface area (Å²) >= 11 is 0. The molecule has 0 aromatic heterocycles. The molecule has 0 heterocycles. The highest BCUT2D eigenvalue weighted by Crippen LogP contribution is 2.22. The highest BCUT2D eigenvalue weighted by molar-refractivity contribution is 7.85. The molecule has 9 heteroatoms. The summed E-state index contributed by atoms with van der Waals surface area (Å²) in [7, 11) is -3.95. The molecular formula is C18H26N2O6S. The molecule has 1 aromatic rings. The fourth-order valence-corrected chi connectivity index (χ4v) is 2.54. The second-order valence-corrected chi connectivity index (χ2v) is 8.40. The summed E-state index contributed by atoms with van der Waals surface area (Å²) in [5, 5.41) is 5.29. The van der Waals surface area contributed by atoms with Crippen LogP contribution >= 0.6 is 0 Å². The predicted octanol–water partition coefficient (Wildman–Crippen LogP) is 3.59. The van der Waals surface area contributed by atoms with Crippen molar-refractivity contribution in [3.8, 4) is 0 Å². The Morgan fingerprint density at radius 2 is 1.70 bits per heavy atom. The zero-order valence-corrected chi connectivity index (χ0v) is 16.5. The van der Waals surface area contributed by atoms with Crippen LogP contribution in [0.5, 0.6) is 0 Å². The number of allylic oxidation sites excluding steroid dienone is 1. The number of unbranched alkanes of at least 4 members (excludes halogenated alkanes) is 1. The van der Waals surface area contributed by atoms with E-state index in [2.05, 4.69) is 10.6 Å². The number of ether oxygens (including phenoxy) is 1. The standard InChI is InChI=1S/C18H26N2O6S/c1-18(2,3)26-17(22)20-15-11-8-7-10-14(15)19-16(21)12-6-4-5-9-13-27(23,24)25/h4,6-8,10-11H,5,9,12-13H2,1-3H3,(H,19,21)(H,20,22)(H,23,24,25). The van der Waals surface area contributed by atoms with Crippen molar-refractivity contribution in [2.75, 3.05) is 16.4 Å². The second kappa shape index (κ2) is 10.1. The van der Waals surface area contributed by atoms with Gasteiger partial charge in [0.25, 0.3) is 10.1 Å². The van der Waals surface area contributed by atoms with Crippen LogP contribution in [0.3, 0.4) is 0 Å². The number of anilines is 2. The number of rotatable bonds is 8. The molecule has 8 nitrogen and oxygen atoms in total. The molecule has 0 unspecified atom stereocenters. The molecule has 0 atom stereocenters. The quantitative estimate of drug-likeness (QED) is 0.349. The van der Waals surface area contributed by atoms with Crippen LogP contribution in [0, 0.1) is 0 Å². The van der Waals surface area contributed by atoms with Crippen molar-refractivity contribution in [2.45, 2.75) is 45.6 Å². The van der Waals surface area contributed by atoms with Crippen molar-refractivity contribution in [1.29, 1.82) is 0 Å². The first kappa shape index (κ1) is 22.7. The summed E-state index contributed by atoms with van der Waals surface area (Å²) in [4.78, 5) is 23.9. The first-order valence-electron chi connectivity index (χ1n) is 8.45. The molecule has 150 valence electrons. The fourth-order valence-electron chi connectivity index (χ4n) is 2.01. The first-order valence-corrected chi connectivity index (χ1v) is 10.1. The summed E-state index contributed by atoms with van der Waals surface area (Å²) in [6.07, 6.45) is 3.47. The Balaban J connectivity index is 2.54. The van der Waals surface area contributed by atoms with Crippen LogP contribution in [0.2, 0.25) is 0 Å². The van der Waals surface area contributed by atoms with Crippen LogP contribution in [-0.2, 0) is 19.6 Å². The summed E-state index contributed by atoms with van der Waals surface area (Å²) in [6, 6.07) is 6.74. The van der Waals surface area contributed by atoms with Gasteiger partial charge in [0, 0.05) is 6.42 Å². The topological polar surface area (TPSA) is 122 Å². The van der Waals surface area contributed by atoms with Crippen molar-refractivity contribution in [1.82, 2.24) is 0 Å². The van der Waals surface area contributed by atoms with E-state index in [1.807, 2.05) is 0 Å². The van der Waals surface area contributed by atoms with Gasteiger partial charge in [-0.15, -0.1) is 0 Å². The van der Waals surface area contributed by atoms with Gasteiger partial charge in [-0.2, -0.15) is 8.42 Å². The van der Waals surface area contributed by atoms with Crippen molar-refractivity contribution >= 4 is 33.5 Å². The highest BCUT2D eigenvalue weighted by atomic mass is 32.2. The number of carbonyl (C=O) groups is 2. The molecule has 1 aromatic carbocycles. The zero-order valence-electron chi connectivity index (χ0n) is 15.7. The monoisotopic (exact) mass is 398 g/mol. The van der Waals surface area contributed by atoms with Crippen LogP contribution < -0.4 is 10.6 Å². The van der Waals surface area contributed by atoms with Gasteiger partial charge in [0.2, 0.25) is 5.91 Å². The minimum Gasteiger partial charge on any atom is -0.444 e. The maximum Gasteiger partial charge on any atom is 0.412 e. The number of nitrogens with one attached hydrogen (secondary N) is 2. The first-order chi connectivity index (χ1) is 12.5. The van der Waals surface area contributed by atoms with E-state index in [1.165, 1.54) is 0 Å². The van der Waals surface area contributed by atoms with Gasteiger partial charge in [-0.3, -0.25) is 14.7 Å². The third-order valence-corrected chi connectivity index (χ3v) is 3.88. The number of amides is 2. The molecule has 27 heavy (non-hydrogen) atoms. The molecule has 2 amide bonds. The van der Waals surface area contributed by atoms with Crippen molar-refractivity contribution < 1.29 is 27.3 Å². The summed E-state index contributed by atoms with van der Waals surface area (Å²) in [5.41, 5.74) is 0.216. The van der Waals surface area contributed by atoms with E-state index >= 15 is 0 Å². The Hall–Kier alpha value is -2.39. The third kappa shape index (κ3) is 11.0. The Labute approximate surface area is 159 Å². The number of benzene rings is 1. The average molecular weight is 398 g/mol. The zero-order chi connectivity index (χ0) is 20.5. The Bertz CT molecular complexity index is 781. The molecule has 0 saturated carbocycles. The van der Waals surface area contributed by atoms with Crippen molar-refractivity contribution in [3.63, 3.8) is 0 Å². The van der Waals surface area contributed by atoms with Crippen LogP contribution in [0.25, 0.3) is 0 Å². The maximum absolute atomic E-state index is 12.0. The smallest absolute Gasteiger partial charge is 0.412 e. The lowest BCUT2D eigenvalue weighted by Gasteiger charge is -2.20. The summed E-state index contributed by atoms with van der Waals surface area (Å²) in [6.45, 7) is 5.26. The van der Waals surface area contributed by atoms with Crippen molar-refractivity contribution in [2.24, 2.45) is 0 Å². The van der Waals surface area contributed by atoms with Crippen LogP contribution in [-0.4, -0.2) is 36.3 Å². The predicted molar refractivity (Wildman–Crippen MR) is 104 cm³/mol. The van der Waals surface area contributed by atoms with Gasteiger partial charge in [0.05, 0.1) is 17.1 Å². The molecule has 0 radical (unpaired) electrons. The minimum absolute atomic E-state index is 0.0899. The third-order valence-electron chi connectivity index (χ3n) is 3.08. The lowest BCUT2D eigenvalue weighted by atomic mass is 10.2. The van der Waals surface area contributed by atoms with E-state index in [-0.39, 0.29) is 24.5 Å². The van der Waals surface area contributed by atoms with Crippen LogP contribution in [0.4, 0.5) is 16.2 Å². The molecule has 0 spiro atoms. The van der Waals surface area contributed by atoms with E-state index in [9.17, 15) is 18.0 Å². The number of para-hydroxylation sites is 2.